The molecule has 1 aromatic carbocycles. The van der Waals surface area contributed by atoms with Crippen molar-refractivity contribution in [2.75, 3.05) is 13.2 Å². The number of fused-ring (bicyclic) bond motifs is 1. The van der Waals surface area contributed by atoms with Gasteiger partial charge in [0.05, 0.1) is 23.9 Å². The summed E-state index contributed by atoms with van der Waals surface area (Å²) in [5, 5.41) is 2.96. The minimum Gasteiger partial charge on any atom is -0.490 e. The largest absolute Gasteiger partial charge is 0.490 e. The summed E-state index contributed by atoms with van der Waals surface area (Å²) >= 11 is 0. The quantitative estimate of drug-likeness (QED) is 0.918. The maximum absolute atomic E-state index is 12.5. The third kappa shape index (κ3) is 3.40. The molecule has 1 atom stereocenters. The van der Waals surface area contributed by atoms with E-state index in [1.807, 2.05) is 56.3 Å². The number of para-hydroxylation sites is 1. The van der Waals surface area contributed by atoms with E-state index >= 15 is 0 Å². The maximum atomic E-state index is 12.5. The Bertz CT molecular complexity index is 756. The number of rotatable bonds is 5. The number of nitrogens with one attached hydrogen (secondary N) is 1. The lowest BCUT2D eigenvalue weighted by Crippen LogP contribution is -2.31. The van der Waals surface area contributed by atoms with E-state index in [1.54, 1.807) is 6.20 Å². The van der Waals surface area contributed by atoms with E-state index in [9.17, 15) is 4.79 Å². The van der Waals surface area contributed by atoms with Crippen molar-refractivity contribution in [3.05, 3.63) is 59.4 Å². The SMILES string of the molecule is CCOc1cccc2c1OCC(C(=O)N[C@H](C)c1ccccn1)=C2. The van der Waals surface area contributed by atoms with Gasteiger partial charge in [0.1, 0.15) is 6.61 Å². The molecule has 0 saturated carbocycles. The Hall–Kier alpha value is -2.82. The van der Waals surface area contributed by atoms with Crippen molar-refractivity contribution in [2.24, 2.45) is 0 Å². The fourth-order valence-corrected chi connectivity index (χ4v) is 2.58. The van der Waals surface area contributed by atoms with Crippen LogP contribution in [0.3, 0.4) is 0 Å². The minimum atomic E-state index is -0.171. The van der Waals surface area contributed by atoms with Crippen LogP contribution in [0, 0.1) is 0 Å². The van der Waals surface area contributed by atoms with Gasteiger partial charge in [-0.25, -0.2) is 0 Å². The highest BCUT2D eigenvalue weighted by Gasteiger charge is 2.21. The molecule has 0 spiro atoms. The molecule has 0 aliphatic carbocycles. The highest BCUT2D eigenvalue weighted by atomic mass is 16.5. The first-order valence-corrected chi connectivity index (χ1v) is 8.00. The highest BCUT2D eigenvalue weighted by Crippen LogP contribution is 2.35. The molecule has 1 aromatic heterocycles. The van der Waals surface area contributed by atoms with E-state index in [2.05, 4.69) is 10.3 Å². The highest BCUT2D eigenvalue weighted by molar-refractivity contribution is 5.99. The van der Waals surface area contributed by atoms with Gasteiger partial charge in [0, 0.05) is 11.8 Å². The number of hydrogen-bond acceptors (Lipinski definition) is 4. The van der Waals surface area contributed by atoms with Gasteiger partial charge in [-0.05, 0) is 38.1 Å². The van der Waals surface area contributed by atoms with Crippen LogP contribution < -0.4 is 14.8 Å². The van der Waals surface area contributed by atoms with Crippen molar-refractivity contribution in [1.82, 2.24) is 10.3 Å². The van der Waals surface area contributed by atoms with Crippen LogP contribution in [0.25, 0.3) is 6.08 Å². The van der Waals surface area contributed by atoms with Crippen molar-refractivity contribution in [3.63, 3.8) is 0 Å². The predicted molar refractivity (Wildman–Crippen MR) is 91.9 cm³/mol. The third-order valence-electron chi connectivity index (χ3n) is 3.78. The predicted octanol–water partition coefficient (Wildman–Crippen LogP) is 3.13. The minimum absolute atomic E-state index is 0.152. The van der Waals surface area contributed by atoms with Gasteiger partial charge in [-0.1, -0.05) is 18.2 Å². The first-order chi connectivity index (χ1) is 11.7. The molecule has 1 N–H and O–H groups in total. The Labute approximate surface area is 141 Å². The van der Waals surface area contributed by atoms with Gasteiger partial charge >= 0.3 is 0 Å². The van der Waals surface area contributed by atoms with Gasteiger partial charge in [0.15, 0.2) is 11.5 Å². The average Bonchev–Trinajstić information content (AvgIpc) is 2.62. The Morgan fingerprint density at radius 1 is 1.33 bits per heavy atom. The number of carbonyl (C=O) groups excluding carboxylic acids is 1. The van der Waals surface area contributed by atoms with E-state index in [0.29, 0.717) is 23.7 Å². The number of carbonyl (C=O) groups is 1. The molecule has 124 valence electrons. The van der Waals surface area contributed by atoms with Crippen LogP contribution in [0.2, 0.25) is 0 Å². The third-order valence-corrected chi connectivity index (χ3v) is 3.78. The van der Waals surface area contributed by atoms with Crippen molar-refractivity contribution in [1.29, 1.82) is 0 Å². The summed E-state index contributed by atoms with van der Waals surface area (Å²) in [5.74, 6) is 1.24. The van der Waals surface area contributed by atoms with Crippen LogP contribution in [-0.2, 0) is 4.79 Å². The second-order valence-electron chi connectivity index (χ2n) is 5.52. The van der Waals surface area contributed by atoms with E-state index < -0.39 is 0 Å². The smallest absolute Gasteiger partial charge is 0.251 e. The molecule has 0 radical (unpaired) electrons. The van der Waals surface area contributed by atoms with Crippen LogP contribution in [-0.4, -0.2) is 24.1 Å². The lowest BCUT2D eigenvalue weighted by atomic mass is 10.1. The molecule has 24 heavy (non-hydrogen) atoms. The molecule has 0 saturated heterocycles. The Morgan fingerprint density at radius 2 is 2.21 bits per heavy atom. The van der Waals surface area contributed by atoms with E-state index in [1.165, 1.54) is 0 Å². The molecule has 0 fully saturated rings. The Kier molecular flexibility index (Phi) is 4.79. The van der Waals surface area contributed by atoms with Crippen molar-refractivity contribution in [3.8, 4) is 11.5 Å². The zero-order chi connectivity index (χ0) is 16.9. The van der Waals surface area contributed by atoms with Gasteiger partial charge in [0.2, 0.25) is 0 Å². The van der Waals surface area contributed by atoms with Crippen LogP contribution in [0.15, 0.2) is 48.2 Å². The first kappa shape index (κ1) is 16.1. The number of pyridine rings is 1. The number of benzene rings is 1. The van der Waals surface area contributed by atoms with Gasteiger partial charge in [-0.3, -0.25) is 9.78 Å². The molecular weight excluding hydrogens is 304 g/mol. The molecule has 5 heteroatoms. The zero-order valence-corrected chi connectivity index (χ0v) is 13.8. The van der Waals surface area contributed by atoms with E-state index in [4.69, 9.17) is 9.47 Å². The van der Waals surface area contributed by atoms with E-state index in [0.717, 1.165) is 11.3 Å². The van der Waals surface area contributed by atoms with E-state index in [-0.39, 0.29) is 18.6 Å². The molecule has 1 aliphatic heterocycles. The second kappa shape index (κ2) is 7.17. The average molecular weight is 324 g/mol. The second-order valence-corrected chi connectivity index (χ2v) is 5.52. The normalized spacial score (nSPS) is 14.0. The van der Waals surface area contributed by atoms with Crippen LogP contribution in [0.1, 0.15) is 31.1 Å². The molecule has 2 aromatic rings. The molecule has 5 nitrogen and oxygen atoms in total. The summed E-state index contributed by atoms with van der Waals surface area (Å²) in [4.78, 5) is 16.7. The molecule has 2 heterocycles. The van der Waals surface area contributed by atoms with Crippen molar-refractivity contribution in [2.45, 2.75) is 19.9 Å². The van der Waals surface area contributed by atoms with Crippen LogP contribution in [0.5, 0.6) is 11.5 Å². The number of aromatic nitrogens is 1. The number of amides is 1. The summed E-state index contributed by atoms with van der Waals surface area (Å²) in [6, 6.07) is 11.1. The van der Waals surface area contributed by atoms with Gasteiger partial charge < -0.3 is 14.8 Å². The molecule has 0 unspecified atom stereocenters. The zero-order valence-electron chi connectivity index (χ0n) is 13.8. The summed E-state index contributed by atoms with van der Waals surface area (Å²) in [6.07, 6.45) is 3.56. The van der Waals surface area contributed by atoms with Gasteiger partial charge in [-0.2, -0.15) is 0 Å². The molecule has 1 amide bonds. The lowest BCUT2D eigenvalue weighted by molar-refractivity contribution is -0.118. The number of ether oxygens (including phenoxy) is 2. The van der Waals surface area contributed by atoms with Gasteiger partial charge in [0.25, 0.3) is 5.91 Å². The maximum Gasteiger partial charge on any atom is 0.251 e. The fraction of sp³-hybridized carbons (Fsp3) is 0.263. The number of nitrogens with zero attached hydrogens (tertiary/aromatic N) is 1. The molecule has 3 rings (SSSR count). The van der Waals surface area contributed by atoms with Gasteiger partial charge in [-0.15, -0.1) is 0 Å². The number of hydrogen-bond donors (Lipinski definition) is 1. The summed E-state index contributed by atoms with van der Waals surface area (Å²) in [7, 11) is 0. The van der Waals surface area contributed by atoms with Crippen LogP contribution in [0.4, 0.5) is 0 Å². The topological polar surface area (TPSA) is 60.5 Å². The van der Waals surface area contributed by atoms with Crippen molar-refractivity contribution >= 4 is 12.0 Å². The standard InChI is InChI=1S/C19H20N2O3/c1-3-23-17-9-6-7-14-11-15(12-24-18(14)17)19(22)21-13(2)16-8-4-5-10-20-16/h4-11,13H,3,12H2,1-2H3,(H,21,22)/t13-/m1/s1. The lowest BCUT2D eigenvalue weighted by Gasteiger charge is -2.21. The molecule has 1 aliphatic rings. The molecular formula is C19H20N2O3. The summed E-state index contributed by atoms with van der Waals surface area (Å²) in [5.41, 5.74) is 2.25. The monoisotopic (exact) mass is 324 g/mol. The Balaban J connectivity index is 1.76. The summed E-state index contributed by atoms with van der Waals surface area (Å²) < 4.78 is 11.3. The van der Waals surface area contributed by atoms with Crippen molar-refractivity contribution < 1.29 is 14.3 Å². The molecule has 0 bridgehead atoms. The Morgan fingerprint density at radius 3 is 2.96 bits per heavy atom. The fourth-order valence-electron chi connectivity index (χ4n) is 2.58. The first-order valence-electron chi connectivity index (χ1n) is 8.00. The summed E-state index contributed by atoms with van der Waals surface area (Å²) in [6.45, 7) is 4.62. The van der Waals surface area contributed by atoms with Crippen LogP contribution >= 0.6 is 0 Å².